The molecule has 0 spiro atoms. The Morgan fingerprint density at radius 2 is 2.20 bits per heavy atom. The molecule has 0 bridgehead atoms. The van der Waals surface area contributed by atoms with Crippen LogP contribution in [0.3, 0.4) is 0 Å². The number of benzene rings is 1. The van der Waals surface area contributed by atoms with E-state index < -0.39 is 0 Å². The number of nitrogens with zero attached hydrogens (tertiary/aromatic N) is 1. The van der Waals surface area contributed by atoms with E-state index in [1.807, 2.05) is 6.92 Å². The monoisotopic (exact) mass is 279 g/mol. The highest BCUT2D eigenvalue weighted by molar-refractivity contribution is 5.78. The summed E-state index contributed by atoms with van der Waals surface area (Å²) in [5, 5.41) is 6.30. The molecule has 1 fully saturated rings. The van der Waals surface area contributed by atoms with Crippen LogP contribution in [0.2, 0.25) is 0 Å². The summed E-state index contributed by atoms with van der Waals surface area (Å²) in [4.78, 5) is 14.2. The van der Waals surface area contributed by atoms with Crippen molar-refractivity contribution >= 4 is 5.91 Å². The Labute approximate surface area is 119 Å². The van der Waals surface area contributed by atoms with E-state index in [9.17, 15) is 9.18 Å². The van der Waals surface area contributed by atoms with Crippen LogP contribution in [0.25, 0.3) is 0 Å². The van der Waals surface area contributed by atoms with E-state index in [0.29, 0.717) is 12.6 Å². The predicted molar refractivity (Wildman–Crippen MR) is 76.9 cm³/mol. The van der Waals surface area contributed by atoms with Crippen LogP contribution in [-0.4, -0.2) is 43.0 Å². The molecule has 1 aliphatic heterocycles. The van der Waals surface area contributed by atoms with Gasteiger partial charge in [-0.2, -0.15) is 0 Å². The second-order valence-corrected chi connectivity index (χ2v) is 5.43. The van der Waals surface area contributed by atoms with E-state index in [1.165, 1.54) is 12.1 Å². The zero-order valence-electron chi connectivity index (χ0n) is 12.0. The number of hydrogen-bond acceptors (Lipinski definition) is 3. The van der Waals surface area contributed by atoms with Crippen LogP contribution in [0.15, 0.2) is 24.3 Å². The van der Waals surface area contributed by atoms with Crippen molar-refractivity contribution in [1.82, 2.24) is 15.5 Å². The third kappa shape index (κ3) is 4.28. The van der Waals surface area contributed by atoms with Crippen molar-refractivity contribution in [3.05, 3.63) is 35.6 Å². The highest BCUT2D eigenvalue weighted by Gasteiger charge is 2.18. The van der Waals surface area contributed by atoms with Gasteiger partial charge < -0.3 is 10.6 Å². The fourth-order valence-corrected chi connectivity index (χ4v) is 2.48. The number of piperazine rings is 1. The normalized spacial score (nSPS) is 21.4. The van der Waals surface area contributed by atoms with Crippen LogP contribution in [0, 0.1) is 5.82 Å². The zero-order chi connectivity index (χ0) is 14.5. The molecule has 1 unspecified atom stereocenters. The molecule has 2 atom stereocenters. The smallest absolute Gasteiger partial charge is 0.234 e. The Kier molecular flexibility index (Phi) is 5.09. The summed E-state index contributed by atoms with van der Waals surface area (Å²) in [7, 11) is 0. The van der Waals surface area contributed by atoms with E-state index in [4.69, 9.17) is 0 Å². The third-order valence-corrected chi connectivity index (χ3v) is 3.57. The lowest BCUT2D eigenvalue weighted by Gasteiger charge is -2.31. The topological polar surface area (TPSA) is 44.4 Å². The number of hydrogen-bond donors (Lipinski definition) is 2. The first kappa shape index (κ1) is 14.9. The predicted octanol–water partition coefficient (Wildman–Crippen LogP) is 1.30. The van der Waals surface area contributed by atoms with Gasteiger partial charge in [-0.15, -0.1) is 0 Å². The largest absolute Gasteiger partial charge is 0.348 e. The Morgan fingerprint density at radius 1 is 1.50 bits per heavy atom. The highest BCUT2D eigenvalue weighted by Crippen LogP contribution is 2.12. The maximum Gasteiger partial charge on any atom is 0.234 e. The number of nitrogens with one attached hydrogen (secondary N) is 2. The number of carbonyl (C=O) groups is 1. The zero-order valence-corrected chi connectivity index (χ0v) is 12.0. The van der Waals surface area contributed by atoms with Crippen molar-refractivity contribution in [2.45, 2.75) is 25.9 Å². The van der Waals surface area contributed by atoms with Crippen LogP contribution < -0.4 is 10.6 Å². The molecule has 2 N–H and O–H groups in total. The average Bonchev–Trinajstić information content (AvgIpc) is 2.39. The molecule has 0 radical (unpaired) electrons. The summed E-state index contributed by atoms with van der Waals surface area (Å²) in [5.74, 6) is -0.252. The van der Waals surface area contributed by atoms with Gasteiger partial charge in [0.05, 0.1) is 12.6 Å². The number of carbonyl (C=O) groups excluding carboxylic acids is 1. The Morgan fingerprint density at radius 3 is 2.85 bits per heavy atom. The van der Waals surface area contributed by atoms with Crippen molar-refractivity contribution in [3.63, 3.8) is 0 Å². The molecule has 1 aliphatic rings. The van der Waals surface area contributed by atoms with E-state index in [-0.39, 0.29) is 17.8 Å². The molecule has 5 heteroatoms. The summed E-state index contributed by atoms with van der Waals surface area (Å²) in [5.41, 5.74) is 0.911. The molecule has 110 valence electrons. The molecule has 0 aromatic heterocycles. The van der Waals surface area contributed by atoms with Gasteiger partial charge in [0.1, 0.15) is 5.82 Å². The van der Waals surface area contributed by atoms with Gasteiger partial charge in [-0.1, -0.05) is 12.1 Å². The standard InChI is InChI=1S/C15H22FN3O/c1-11-9-19(8-7-17-11)10-15(20)18-12(2)13-3-5-14(16)6-4-13/h3-6,11-12,17H,7-10H2,1-2H3,(H,18,20)/t11-,12?/m0/s1. The molecule has 0 aliphatic carbocycles. The Balaban J connectivity index is 1.83. The minimum Gasteiger partial charge on any atom is -0.348 e. The summed E-state index contributed by atoms with van der Waals surface area (Å²) < 4.78 is 12.9. The summed E-state index contributed by atoms with van der Waals surface area (Å²) >= 11 is 0. The second-order valence-electron chi connectivity index (χ2n) is 5.43. The van der Waals surface area contributed by atoms with E-state index >= 15 is 0 Å². The Hall–Kier alpha value is -1.46. The molecular formula is C15H22FN3O. The fourth-order valence-electron chi connectivity index (χ4n) is 2.48. The van der Waals surface area contributed by atoms with Crippen LogP contribution >= 0.6 is 0 Å². The van der Waals surface area contributed by atoms with Crippen molar-refractivity contribution < 1.29 is 9.18 Å². The minimum absolute atomic E-state index is 0.0101. The lowest BCUT2D eigenvalue weighted by molar-refractivity contribution is -0.123. The molecular weight excluding hydrogens is 257 g/mol. The van der Waals surface area contributed by atoms with Gasteiger partial charge >= 0.3 is 0 Å². The van der Waals surface area contributed by atoms with Crippen molar-refractivity contribution in [3.8, 4) is 0 Å². The van der Waals surface area contributed by atoms with E-state index in [0.717, 1.165) is 25.2 Å². The summed E-state index contributed by atoms with van der Waals surface area (Å²) in [6, 6.07) is 6.54. The lowest BCUT2D eigenvalue weighted by Crippen LogP contribution is -2.51. The molecule has 1 aromatic rings. The maximum absolute atomic E-state index is 12.9. The first-order valence-corrected chi connectivity index (χ1v) is 7.05. The molecule has 0 saturated carbocycles. The van der Waals surface area contributed by atoms with E-state index in [2.05, 4.69) is 22.5 Å². The van der Waals surface area contributed by atoms with Gasteiger partial charge in [0.2, 0.25) is 5.91 Å². The number of amides is 1. The second kappa shape index (κ2) is 6.81. The van der Waals surface area contributed by atoms with E-state index in [1.54, 1.807) is 12.1 Å². The summed E-state index contributed by atoms with van der Waals surface area (Å²) in [6.07, 6.45) is 0. The lowest BCUT2D eigenvalue weighted by atomic mass is 10.1. The van der Waals surface area contributed by atoms with Crippen molar-refractivity contribution in [2.24, 2.45) is 0 Å². The van der Waals surface area contributed by atoms with Crippen LogP contribution in [-0.2, 0) is 4.79 Å². The highest BCUT2D eigenvalue weighted by atomic mass is 19.1. The molecule has 2 rings (SSSR count). The maximum atomic E-state index is 12.9. The van der Waals surface area contributed by atoms with Gasteiger partial charge in [0, 0.05) is 25.7 Å². The molecule has 20 heavy (non-hydrogen) atoms. The van der Waals surface area contributed by atoms with Gasteiger partial charge in [-0.05, 0) is 31.5 Å². The third-order valence-electron chi connectivity index (χ3n) is 3.57. The molecule has 1 aromatic carbocycles. The fraction of sp³-hybridized carbons (Fsp3) is 0.533. The number of halogens is 1. The van der Waals surface area contributed by atoms with Gasteiger partial charge in [0.15, 0.2) is 0 Å². The average molecular weight is 279 g/mol. The number of rotatable bonds is 4. The van der Waals surface area contributed by atoms with Gasteiger partial charge in [0.25, 0.3) is 0 Å². The van der Waals surface area contributed by atoms with Crippen LogP contribution in [0.5, 0.6) is 0 Å². The van der Waals surface area contributed by atoms with Gasteiger partial charge in [-0.25, -0.2) is 4.39 Å². The van der Waals surface area contributed by atoms with Gasteiger partial charge in [-0.3, -0.25) is 9.69 Å². The van der Waals surface area contributed by atoms with Crippen LogP contribution in [0.1, 0.15) is 25.5 Å². The quantitative estimate of drug-likeness (QED) is 0.873. The SMILES string of the molecule is CC(NC(=O)CN1CCN[C@@H](C)C1)c1ccc(F)cc1. The molecule has 1 heterocycles. The molecule has 4 nitrogen and oxygen atoms in total. The molecule has 1 amide bonds. The minimum atomic E-state index is -0.262. The summed E-state index contributed by atoms with van der Waals surface area (Å²) in [6.45, 7) is 7.14. The first-order chi connectivity index (χ1) is 9.54. The van der Waals surface area contributed by atoms with Crippen LogP contribution in [0.4, 0.5) is 4.39 Å². The molecule has 1 saturated heterocycles. The van der Waals surface area contributed by atoms with Crippen molar-refractivity contribution in [2.75, 3.05) is 26.2 Å². The Bertz CT molecular complexity index is 449. The van der Waals surface area contributed by atoms with Crippen molar-refractivity contribution in [1.29, 1.82) is 0 Å². The first-order valence-electron chi connectivity index (χ1n) is 7.05.